The Bertz CT molecular complexity index is 894. The molecule has 0 bridgehead atoms. The Hall–Kier alpha value is -3.40. The second kappa shape index (κ2) is 12.5. The van der Waals surface area contributed by atoms with Gasteiger partial charge in [-0.3, -0.25) is 14.5 Å². The fourth-order valence-corrected chi connectivity index (χ4v) is 2.80. The van der Waals surface area contributed by atoms with Crippen LogP contribution in [-0.4, -0.2) is 56.7 Å². The largest absolute Gasteiger partial charge is 0.490 e. The molecular formula is C22H27F2N3O5. The minimum atomic E-state index is -2.91. The molecule has 0 atom stereocenters. The van der Waals surface area contributed by atoms with E-state index in [9.17, 15) is 18.4 Å². The molecule has 2 rings (SSSR count). The Balaban J connectivity index is 1.84. The van der Waals surface area contributed by atoms with Gasteiger partial charge in [0, 0.05) is 17.4 Å². The third-order valence-electron chi connectivity index (χ3n) is 4.02. The number of rotatable bonds is 12. The van der Waals surface area contributed by atoms with E-state index in [2.05, 4.69) is 15.4 Å². The molecule has 0 fully saturated rings. The maximum atomic E-state index is 12.3. The van der Waals surface area contributed by atoms with E-state index < -0.39 is 6.61 Å². The molecule has 2 aromatic rings. The molecule has 174 valence electrons. The normalized spacial score (nSPS) is 10.7. The Morgan fingerprint density at radius 1 is 0.875 bits per heavy atom. The maximum absolute atomic E-state index is 12.3. The summed E-state index contributed by atoms with van der Waals surface area (Å²) in [6.45, 7) is 1.69. The summed E-state index contributed by atoms with van der Waals surface area (Å²) >= 11 is 0. The van der Waals surface area contributed by atoms with Gasteiger partial charge in [-0.1, -0.05) is 0 Å². The number of hydrogen-bond donors (Lipinski definition) is 2. The molecule has 0 radical (unpaired) electrons. The van der Waals surface area contributed by atoms with Gasteiger partial charge >= 0.3 is 6.61 Å². The molecule has 0 unspecified atom stereocenters. The smallest absolute Gasteiger partial charge is 0.387 e. The molecule has 0 spiro atoms. The Kier molecular flexibility index (Phi) is 9.68. The highest BCUT2D eigenvalue weighted by Gasteiger charge is 2.13. The van der Waals surface area contributed by atoms with Crippen molar-refractivity contribution in [3.8, 4) is 17.2 Å². The van der Waals surface area contributed by atoms with E-state index in [1.165, 1.54) is 29.2 Å². The van der Waals surface area contributed by atoms with E-state index in [0.717, 1.165) is 0 Å². The van der Waals surface area contributed by atoms with Crippen LogP contribution in [0.4, 0.5) is 20.2 Å². The van der Waals surface area contributed by atoms with Crippen molar-refractivity contribution < 1.29 is 32.6 Å². The van der Waals surface area contributed by atoms with Crippen molar-refractivity contribution in [3.63, 3.8) is 0 Å². The fourth-order valence-electron chi connectivity index (χ4n) is 2.80. The van der Waals surface area contributed by atoms with Crippen LogP contribution in [0.1, 0.15) is 13.8 Å². The maximum Gasteiger partial charge on any atom is 0.387 e. The third kappa shape index (κ3) is 8.38. The van der Waals surface area contributed by atoms with Crippen LogP contribution < -0.4 is 24.8 Å². The van der Waals surface area contributed by atoms with Gasteiger partial charge in [-0.25, -0.2) is 0 Å². The predicted molar refractivity (Wildman–Crippen MR) is 117 cm³/mol. The Morgan fingerprint density at radius 3 is 1.97 bits per heavy atom. The second-order valence-corrected chi connectivity index (χ2v) is 6.70. The monoisotopic (exact) mass is 451 g/mol. The van der Waals surface area contributed by atoms with Crippen molar-refractivity contribution in [1.82, 2.24) is 4.90 Å². The zero-order valence-electron chi connectivity index (χ0n) is 18.2. The van der Waals surface area contributed by atoms with Gasteiger partial charge in [0.1, 0.15) is 5.75 Å². The van der Waals surface area contributed by atoms with Gasteiger partial charge in [0.05, 0.1) is 26.3 Å². The van der Waals surface area contributed by atoms with E-state index in [4.69, 9.17) is 9.47 Å². The van der Waals surface area contributed by atoms with Crippen molar-refractivity contribution in [1.29, 1.82) is 0 Å². The number of hydrogen-bond acceptors (Lipinski definition) is 6. The van der Waals surface area contributed by atoms with Crippen molar-refractivity contribution in [2.45, 2.75) is 20.5 Å². The fraction of sp³-hybridized carbons (Fsp3) is 0.364. The van der Waals surface area contributed by atoms with Gasteiger partial charge in [-0.05, 0) is 57.3 Å². The molecular weight excluding hydrogens is 424 g/mol. The van der Waals surface area contributed by atoms with E-state index in [0.29, 0.717) is 36.1 Å². The van der Waals surface area contributed by atoms with Crippen molar-refractivity contribution in [3.05, 3.63) is 42.5 Å². The summed E-state index contributed by atoms with van der Waals surface area (Å²) in [7, 11) is 1.63. The SMILES string of the molecule is CCOc1ccc(NC(=O)CN(C)CC(=O)Nc2ccc(OC(F)F)cc2)cc1OCC. The average Bonchev–Trinajstić information content (AvgIpc) is 2.71. The number of benzene rings is 2. The summed E-state index contributed by atoms with van der Waals surface area (Å²) < 4.78 is 39.7. The Labute approximate surface area is 185 Å². The molecule has 2 aromatic carbocycles. The van der Waals surface area contributed by atoms with E-state index in [1.807, 2.05) is 13.8 Å². The first-order valence-corrected chi connectivity index (χ1v) is 10.0. The Morgan fingerprint density at radius 2 is 1.41 bits per heavy atom. The van der Waals surface area contributed by atoms with Gasteiger partial charge in [-0.2, -0.15) is 8.78 Å². The molecule has 8 nitrogen and oxygen atoms in total. The minimum absolute atomic E-state index is 0.00595. The number of likely N-dealkylation sites (N-methyl/N-ethyl adjacent to an activating group) is 1. The number of nitrogens with zero attached hydrogens (tertiary/aromatic N) is 1. The van der Waals surface area contributed by atoms with Crippen LogP contribution >= 0.6 is 0 Å². The van der Waals surface area contributed by atoms with Gasteiger partial charge in [0.25, 0.3) is 0 Å². The van der Waals surface area contributed by atoms with Crippen LogP contribution in [0.2, 0.25) is 0 Å². The second-order valence-electron chi connectivity index (χ2n) is 6.70. The van der Waals surface area contributed by atoms with Gasteiger partial charge < -0.3 is 24.8 Å². The summed E-state index contributed by atoms with van der Waals surface area (Å²) in [4.78, 5) is 26.0. The third-order valence-corrected chi connectivity index (χ3v) is 4.02. The lowest BCUT2D eigenvalue weighted by molar-refractivity contribution is -0.119. The summed E-state index contributed by atoms with van der Waals surface area (Å²) in [6, 6.07) is 10.7. The van der Waals surface area contributed by atoms with Gasteiger partial charge in [-0.15, -0.1) is 0 Å². The van der Waals surface area contributed by atoms with E-state index in [-0.39, 0.29) is 30.7 Å². The number of amides is 2. The lowest BCUT2D eigenvalue weighted by atomic mass is 10.2. The number of anilines is 2. The molecule has 0 aliphatic heterocycles. The number of ether oxygens (including phenoxy) is 3. The first kappa shape index (κ1) is 24.9. The van der Waals surface area contributed by atoms with E-state index in [1.54, 1.807) is 25.2 Å². The molecule has 10 heteroatoms. The lowest BCUT2D eigenvalue weighted by Gasteiger charge is -2.17. The van der Waals surface area contributed by atoms with Crippen LogP contribution in [0.15, 0.2) is 42.5 Å². The van der Waals surface area contributed by atoms with Gasteiger partial charge in [0.2, 0.25) is 11.8 Å². The molecule has 0 aromatic heterocycles. The number of alkyl halides is 2. The van der Waals surface area contributed by atoms with Crippen molar-refractivity contribution in [2.75, 3.05) is 44.0 Å². The molecule has 0 aliphatic carbocycles. The summed E-state index contributed by atoms with van der Waals surface area (Å²) in [5, 5.41) is 5.39. The number of carbonyl (C=O) groups is 2. The minimum Gasteiger partial charge on any atom is -0.490 e. The first-order chi connectivity index (χ1) is 15.3. The van der Waals surface area contributed by atoms with Crippen LogP contribution in [0, 0.1) is 0 Å². The summed E-state index contributed by atoms with van der Waals surface area (Å²) in [5.41, 5.74) is 0.971. The van der Waals surface area contributed by atoms with Crippen LogP contribution in [0.5, 0.6) is 17.2 Å². The topological polar surface area (TPSA) is 89.1 Å². The quantitative estimate of drug-likeness (QED) is 0.513. The molecule has 0 aliphatic rings. The van der Waals surface area contributed by atoms with Crippen LogP contribution in [0.25, 0.3) is 0 Å². The van der Waals surface area contributed by atoms with Crippen molar-refractivity contribution >= 4 is 23.2 Å². The first-order valence-electron chi connectivity index (χ1n) is 10.0. The number of halogens is 2. The van der Waals surface area contributed by atoms with Crippen LogP contribution in [0.3, 0.4) is 0 Å². The number of carbonyl (C=O) groups excluding carboxylic acids is 2. The average molecular weight is 451 g/mol. The number of nitrogens with one attached hydrogen (secondary N) is 2. The zero-order chi connectivity index (χ0) is 23.5. The van der Waals surface area contributed by atoms with E-state index >= 15 is 0 Å². The molecule has 2 N–H and O–H groups in total. The molecule has 0 heterocycles. The lowest BCUT2D eigenvalue weighted by Crippen LogP contribution is -2.36. The highest BCUT2D eigenvalue weighted by atomic mass is 19.3. The molecule has 2 amide bonds. The predicted octanol–water partition coefficient (Wildman–Crippen LogP) is 3.59. The molecule has 0 saturated heterocycles. The molecule has 32 heavy (non-hydrogen) atoms. The zero-order valence-corrected chi connectivity index (χ0v) is 18.2. The summed E-state index contributed by atoms with van der Waals surface area (Å²) in [5.74, 6) is 0.455. The van der Waals surface area contributed by atoms with Gasteiger partial charge in [0.15, 0.2) is 11.5 Å². The highest BCUT2D eigenvalue weighted by molar-refractivity contribution is 5.94. The highest BCUT2D eigenvalue weighted by Crippen LogP contribution is 2.30. The molecule has 0 saturated carbocycles. The van der Waals surface area contributed by atoms with Crippen LogP contribution in [-0.2, 0) is 9.59 Å². The summed E-state index contributed by atoms with van der Waals surface area (Å²) in [6.07, 6.45) is 0. The van der Waals surface area contributed by atoms with Crippen molar-refractivity contribution in [2.24, 2.45) is 0 Å². The standard InChI is InChI=1S/C22H27F2N3O5/c1-4-30-18-11-8-16(12-19(18)31-5-2)26-21(29)14-27(3)13-20(28)25-15-6-9-17(10-7-15)32-22(23)24/h6-12,22H,4-5,13-14H2,1-3H3,(H,25,28)(H,26,29).